The molecular formula is C10H19N3O3S. The molecule has 7 heteroatoms. The molecule has 98 valence electrons. The van der Waals surface area contributed by atoms with Crippen molar-refractivity contribution in [3.8, 4) is 0 Å². The first kappa shape index (κ1) is 14.1. The molecule has 0 saturated carbocycles. The van der Waals surface area contributed by atoms with Gasteiger partial charge in [0.2, 0.25) is 5.89 Å². The molecule has 0 amide bonds. The van der Waals surface area contributed by atoms with Gasteiger partial charge >= 0.3 is 0 Å². The summed E-state index contributed by atoms with van der Waals surface area (Å²) in [7, 11) is -3.23. The lowest BCUT2D eigenvalue weighted by atomic mass is 9.94. The normalized spacial score (nSPS) is 14.9. The summed E-state index contributed by atoms with van der Waals surface area (Å²) in [5.74, 6) is 0.465. The third-order valence-corrected chi connectivity index (χ3v) is 4.63. The zero-order chi connectivity index (χ0) is 13.3. The number of nitrogens with zero attached hydrogens (tertiary/aromatic N) is 2. The van der Waals surface area contributed by atoms with Crippen molar-refractivity contribution in [2.45, 2.75) is 44.4 Å². The van der Waals surface area contributed by atoms with Gasteiger partial charge in [-0.2, -0.15) is 4.98 Å². The van der Waals surface area contributed by atoms with E-state index in [2.05, 4.69) is 10.1 Å². The van der Waals surface area contributed by atoms with Crippen LogP contribution in [0.25, 0.3) is 0 Å². The van der Waals surface area contributed by atoms with Gasteiger partial charge in [-0.15, -0.1) is 0 Å². The Labute approximate surface area is 102 Å². The van der Waals surface area contributed by atoms with E-state index in [1.807, 2.05) is 13.8 Å². The molecule has 0 bridgehead atoms. The molecule has 0 aliphatic heterocycles. The molecule has 0 spiro atoms. The topological polar surface area (TPSA) is 99.1 Å². The predicted octanol–water partition coefficient (Wildman–Crippen LogP) is 1.15. The van der Waals surface area contributed by atoms with E-state index >= 15 is 0 Å². The molecule has 17 heavy (non-hydrogen) atoms. The van der Waals surface area contributed by atoms with E-state index in [9.17, 15) is 8.42 Å². The summed E-state index contributed by atoms with van der Waals surface area (Å²) in [5.41, 5.74) is 5.42. The summed E-state index contributed by atoms with van der Waals surface area (Å²) in [6.45, 7) is 5.38. The fourth-order valence-electron chi connectivity index (χ4n) is 1.35. The van der Waals surface area contributed by atoms with Crippen LogP contribution >= 0.6 is 0 Å². The maximum atomic E-state index is 11.4. The highest BCUT2D eigenvalue weighted by atomic mass is 32.2. The first-order chi connectivity index (χ1) is 7.74. The van der Waals surface area contributed by atoms with Crippen LogP contribution in [0, 0.1) is 0 Å². The summed E-state index contributed by atoms with van der Waals surface area (Å²) in [6.07, 6.45) is 2.44. The van der Waals surface area contributed by atoms with Gasteiger partial charge in [-0.1, -0.05) is 19.0 Å². The Hall–Kier alpha value is -0.950. The third-order valence-electron chi connectivity index (χ3n) is 3.14. The van der Waals surface area contributed by atoms with Gasteiger partial charge < -0.3 is 10.3 Å². The highest BCUT2D eigenvalue weighted by Gasteiger charge is 2.32. The van der Waals surface area contributed by atoms with Crippen molar-refractivity contribution in [3.05, 3.63) is 11.7 Å². The summed E-state index contributed by atoms with van der Waals surface area (Å²) in [6, 6.07) is 0. The monoisotopic (exact) mass is 261 g/mol. The van der Waals surface area contributed by atoms with Gasteiger partial charge in [0.15, 0.2) is 15.7 Å². The highest BCUT2D eigenvalue weighted by Crippen LogP contribution is 2.26. The van der Waals surface area contributed by atoms with Gasteiger partial charge in [0.05, 0.1) is 5.54 Å². The second-order valence-electron chi connectivity index (χ2n) is 4.29. The first-order valence-corrected chi connectivity index (χ1v) is 7.52. The second kappa shape index (κ2) is 4.73. The van der Waals surface area contributed by atoms with Crippen LogP contribution in [0.2, 0.25) is 0 Å². The SMILES string of the molecule is CCC(N)(CC)c1nc(C(C)S(C)(=O)=O)no1. The lowest BCUT2D eigenvalue weighted by Crippen LogP contribution is -2.35. The van der Waals surface area contributed by atoms with Crippen LogP contribution in [-0.4, -0.2) is 24.8 Å². The lowest BCUT2D eigenvalue weighted by Gasteiger charge is -2.20. The molecule has 0 fully saturated rings. The van der Waals surface area contributed by atoms with Crippen LogP contribution in [0.15, 0.2) is 4.52 Å². The summed E-state index contributed by atoms with van der Waals surface area (Å²) in [4.78, 5) is 4.11. The Morgan fingerprint density at radius 2 is 1.94 bits per heavy atom. The Morgan fingerprint density at radius 3 is 2.35 bits per heavy atom. The van der Waals surface area contributed by atoms with E-state index in [1.165, 1.54) is 6.92 Å². The zero-order valence-corrected chi connectivity index (χ0v) is 11.4. The van der Waals surface area contributed by atoms with Crippen LogP contribution in [0.1, 0.15) is 50.6 Å². The van der Waals surface area contributed by atoms with Crippen molar-refractivity contribution < 1.29 is 12.9 Å². The summed E-state index contributed by atoms with van der Waals surface area (Å²) < 4.78 is 27.8. The Bertz CT molecular complexity index is 477. The van der Waals surface area contributed by atoms with Crippen molar-refractivity contribution in [1.29, 1.82) is 0 Å². The van der Waals surface area contributed by atoms with E-state index in [0.29, 0.717) is 18.7 Å². The molecule has 1 heterocycles. The fourth-order valence-corrected chi connectivity index (χ4v) is 1.82. The minimum atomic E-state index is -3.23. The van der Waals surface area contributed by atoms with Crippen LogP contribution in [-0.2, 0) is 15.4 Å². The van der Waals surface area contributed by atoms with E-state index < -0.39 is 20.6 Å². The van der Waals surface area contributed by atoms with Crippen LogP contribution in [0.3, 0.4) is 0 Å². The minimum absolute atomic E-state index is 0.166. The Kier molecular flexibility index (Phi) is 3.93. The van der Waals surface area contributed by atoms with E-state index in [1.54, 1.807) is 0 Å². The average molecular weight is 261 g/mol. The van der Waals surface area contributed by atoms with Gasteiger partial charge in [0.25, 0.3) is 0 Å². The molecule has 1 atom stereocenters. The van der Waals surface area contributed by atoms with Crippen LogP contribution < -0.4 is 5.73 Å². The van der Waals surface area contributed by atoms with Gasteiger partial charge in [-0.05, 0) is 19.8 Å². The maximum Gasteiger partial charge on any atom is 0.246 e. The van der Waals surface area contributed by atoms with Gasteiger partial charge in [-0.3, -0.25) is 0 Å². The summed E-state index contributed by atoms with van der Waals surface area (Å²) in [5, 5.41) is 2.92. The number of aromatic nitrogens is 2. The molecule has 1 rings (SSSR count). The molecule has 0 aliphatic carbocycles. The van der Waals surface area contributed by atoms with Crippen molar-refractivity contribution in [2.75, 3.05) is 6.26 Å². The molecule has 1 aromatic heterocycles. The van der Waals surface area contributed by atoms with E-state index in [4.69, 9.17) is 10.3 Å². The minimum Gasteiger partial charge on any atom is -0.337 e. The number of nitrogens with two attached hydrogens (primary N) is 1. The molecule has 0 radical (unpaired) electrons. The fraction of sp³-hybridized carbons (Fsp3) is 0.800. The van der Waals surface area contributed by atoms with Crippen molar-refractivity contribution in [3.63, 3.8) is 0 Å². The zero-order valence-electron chi connectivity index (χ0n) is 10.6. The predicted molar refractivity (Wildman–Crippen MR) is 64.0 cm³/mol. The van der Waals surface area contributed by atoms with Gasteiger partial charge in [-0.25, -0.2) is 8.42 Å². The lowest BCUT2D eigenvalue weighted by molar-refractivity contribution is 0.266. The highest BCUT2D eigenvalue weighted by molar-refractivity contribution is 7.90. The van der Waals surface area contributed by atoms with Crippen molar-refractivity contribution >= 4 is 9.84 Å². The van der Waals surface area contributed by atoms with Gasteiger partial charge in [0.1, 0.15) is 5.25 Å². The van der Waals surface area contributed by atoms with Crippen molar-refractivity contribution in [1.82, 2.24) is 10.1 Å². The average Bonchev–Trinajstić information content (AvgIpc) is 2.75. The summed E-state index contributed by atoms with van der Waals surface area (Å²) >= 11 is 0. The molecular weight excluding hydrogens is 242 g/mol. The first-order valence-electron chi connectivity index (χ1n) is 5.56. The van der Waals surface area contributed by atoms with Crippen LogP contribution in [0.5, 0.6) is 0 Å². The van der Waals surface area contributed by atoms with Gasteiger partial charge in [0, 0.05) is 6.26 Å². The number of sulfone groups is 1. The molecule has 6 nitrogen and oxygen atoms in total. The molecule has 1 unspecified atom stereocenters. The maximum absolute atomic E-state index is 11.4. The van der Waals surface area contributed by atoms with E-state index in [0.717, 1.165) is 6.26 Å². The molecule has 0 aliphatic rings. The standard InChI is InChI=1S/C10H19N3O3S/c1-5-10(11,6-2)9-12-8(13-16-9)7(3)17(4,14)15/h7H,5-6,11H2,1-4H3. The second-order valence-corrected chi connectivity index (χ2v) is 6.66. The van der Waals surface area contributed by atoms with Crippen molar-refractivity contribution in [2.24, 2.45) is 5.73 Å². The largest absolute Gasteiger partial charge is 0.337 e. The Morgan fingerprint density at radius 1 is 1.41 bits per heavy atom. The molecule has 2 N–H and O–H groups in total. The Balaban J connectivity index is 3.08. The number of hydrogen-bond donors (Lipinski definition) is 1. The molecule has 1 aromatic rings. The van der Waals surface area contributed by atoms with Crippen LogP contribution in [0.4, 0.5) is 0 Å². The number of hydrogen-bond acceptors (Lipinski definition) is 6. The number of rotatable bonds is 5. The van der Waals surface area contributed by atoms with E-state index in [-0.39, 0.29) is 5.82 Å². The quantitative estimate of drug-likeness (QED) is 0.853. The smallest absolute Gasteiger partial charge is 0.246 e. The molecule has 0 aromatic carbocycles. The third kappa shape index (κ3) is 2.84. The molecule has 0 saturated heterocycles.